The van der Waals surface area contributed by atoms with E-state index in [-0.39, 0.29) is 5.41 Å². The summed E-state index contributed by atoms with van der Waals surface area (Å²) in [4.78, 5) is 11.5. The monoisotopic (exact) mass is 202 g/mol. The Balaban J connectivity index is 2.08. The van der Waals surface area contributed by atoms with Gasteiger partial charge < -0.3 is 0 Å². The molecular weight excluding hydrogens is 184 g/mol. The number of rotatable bonds is 4. The van der Waals surface area contributed by atoms with Gasteiger partial charge in [-0.2, -0.15) is 0 Å². The van der Waals surface area contributed by atoms with Gasteiger partial charge in [-0.25, -0.2) is 0 Å². The van der Waals surface area contributed by atoms with Gasteiger partial charge in [-0.3, -0.25) is 4.79 Å². The third-order valence-electron chi connectivity index (χ3n) is 3.57. The van der Waals surface area contributed by atoms with Crippen LogP contribution in [0.25, 0.3) is 0 Å². The van der Waals surface area contributed by atoms with E-state index in [1.54, 1.807) is 6.92 Å². The van der Waals surface area contributed by atoms with Crippen molar-refractivity contribution in [2.24, 2.45) is 5.41 Å². The summed E-state index contributed by atoms with van der Waals surface area (Å²) < 4.78 is 0. The van der Waals surface area contributed by atoms with Gasteiger partial charge in [0.05, 0.1) is 0 Å². The minimum atomic E-state index is 0.00767. The molecular formula is C14H18O. The van der Waals surface area contributed by atoms with Gasteiger partial charge in [0.1, 0.15) is 5.78 Å². The summed E-state index contributed by atoms with van der Waals surface area (Å²) >= 11 is 0. The molecule has 0 aliphatic heterocycles. The molecule has 1 aliphatic rings. The van der Waals surface area contributed by atoms with Crippen LogP contribution < -0.4 is 0 Å². The fourth-order valence-corrected chi connectivity index (χ4v) is 2.09. The molecule has 0 atom stereocenters. The molecule has 1 nitrogen and oxygen atoms in total. The molecule has 1 aromatic carbocycles. The van der Waals surface area contributed by atoms with Crippen LogP contribution >= 0.6 is 0 Å². The smallest absolute Gasteiger partial charge is 0.136 e. The quantitative estimate of drug-likeness (QED) is 0.733. The summed E-state index contributed by atoms with van der Waals surface area (Å²) in [6, 6.07) is 8.68. The molecule has 1 heteroatoms. The number of ketones is 1. The van der Waals surface area contributed by atoms with Crippen LogP contribution in [-0.2, 0) is 17.6 Å². The molecule has 1 saturated carbocycles. The van der Waals surface area contributed by atoms with Gasteiger partial charge in [0.25, 0.3) is 0 Å². The van der Waals surface area contributed by atoms with E-state index >= 15 is 0 Å². The standard InChI is InChI=1S/C14H18O/c1-3-12-4-6-13(7-5-12)10-14(8-9-14)11(2)15/h4-7H,3,8-10H2,1-2H3. The molecule has 0 aromatic heterocycles. The summed E-state index contributed by atoms with van der Waals surface area (Å²) in [7, 11) is 0. The first-order chi connectivity index (χ1) is 7.16. The van der Waals surface area contributed by atoms with E-state index in [4.69, 9.17) is 0 Å². The molecule has 0 bridgehead atoms. The van der Waals surface area contributed by atoms with E-state index in [0.717, 1.165) is 25.7 Å². The van der Waals surface area contributed by atoms with Crippen molar-refractivity contribution in [1.29, 1.82) is 0 Å². The summed E-state index contributed by atoms with van der Waals surface area (Å²) in [6.45, 7) is 3.89. The number of carbonyl (C=O) groups excluding carboxylic acids is 1. The molecule has 0 saturated heterocycles. The molecule has 80 valence electrons. The van der Waals surface area contributed by atoms with E-state index in [9.17, 15) is 4.79 Å². The topological polar surface area (TPSA) is 17.1 Å². The Hall–Kier alpha value is -1.11. The number of hydrogen-bond donors (Lipinski definition) is 0. The van der Waals surface area contributed by atoms with Gasteiger partial charge in [0.2, 0.25) is 0 Å². The molecule has 0 spiro atoms. The third kappa shape index (κ3) is 2.11. The van der Waals surface area contributed by atoms with Crippen molar-refractivity contribution in [3.05, 3.63) is 35.4 Å². The Kier molecular flexibility index (Phi) is 2.64. The molecule has 0 amide bonds. The Morgan fingerprint density at radius 1 is 1.20 bits per heavy atom. The average molecular weight is 202 g/mol. The average Bonchev–Trinajstić information content (AvgIpc) is 3.00. The lowest BCUT2D eigenvalue weighted by atomic mass is 9.92. The normalized spacial score (nSPS) is 17.5. The Labute approximate surface area is 91.5 Å². The van der Waals surface area contributed by atoms with E-state index in [0.29, 0.717) is 5.78 Å². The maximum absolute atomic E-state index is 11.5. The van der Waals surface area contributed by atoms with Crippen LogP contribution in [0.1, 0.15) is 37.8 Å². The van der Waals surface area contributed by atoms with E-state index in [1.807, 2.05) is 0 Å². The second kappa shape index (κ2) is 3.80. The number of aryl methyl sites for hydroxylation is 1. The minimum Gasteiger partial charge on any atom is -0.299 e. The summed E-state index contributed by atoms with van der Waals surface area (Å²) in [5.74, 6) is 0.363. The summed E-state index contributed by atoms with van der Waals surface area (Å²) in [5.41, 5.74) is 2.68. The Bertz CT molecular complexity index is 357. The van der Waals surface area contributed by atoms with E-state index < -0.39 is 0 Å². The lowest BCUT2D eigenvalue weighted by Gasteiger charge is -2.11. The van der Waals surface area contributed by atoms with Crippen LogP contribution in [0.2, 0.25) is 0 Å². The number of hydrogen-bond acceptors (Lipinski definition) is 1. The molecule has 1 aromatic rings. The van der Waals surface area contributed by atoms with Gasteiger partial charge in [-0.05, 0) is 43.7 Å². The van der Waals surface area contributed by atoms with Crippen LogP contribution in [0.4, 0.5) is 0 Å². The van der Waals surface area contributed by atoms with Crippen molar-refractivity contribution in [2.75, 3.05) is 0 Å². The molecule has 1 fully saturated rings. The predicted molar refractivity (Wildman–Crippen MR) is 61.9 cm³/mol. The van der Waals surface area contributed by atoms with Crippen LogP contribution in [0.5, 0.6) is 0 Å². The third-order valence-corrected chi connectivity index (χ3v) is 3.57. The van der Waals surface area contributed by atoms with Crippen LogP contribution in [0.15, 0.2) is 24.3 Å². The zero-order chi connectivity index (χ0) is 10.9. The van der Waals surface area contributed by atoms with Crippen molar-refractivity contribution in [2.45, 2.75) is 39.5 Å². The van der Waals surface area contributed by atoms with Gasteiger partial charge in [-0.1, -0.05) is 31.2 Å². The van der Waals surface area contributed by atoms with Crippen molar-refractivity contribution < 1.29 is 4.79 Å². The molecule has 1 aliphatic carbocycles. The Morgan fingerprint density at radius 2 is 1.73 bits per heavy atom. The summed E-state index contributed by atoms with van der Waals surface area (Å²) in [6.07, 6.45) is 4.18. The fourth-order valence-electron chi connectivity index (χ4n) is 2.09. The first-order valence-electron chi connectivity index (χ1n) is 5.75. The highest BCUT2D eigenvalue weighted by atomic mass is 16.1. The molecule has 0 unspecified atom stereocenters. The van der Waals surface area contributed by atoms with E-state index in [2.05, 4.69) is 31.2 Å². The van der Waals surface area contributed by atoms with Gasteiger partial charge in [-0.15, -0.1) is 0 Å². The zero-order valence-corrected chi connectivity index (χ0v) is 9.55. The zero-order valence-electron chi connectivity index (χ0n) is 9.55. The van der Waals surface area contributed by atoms with Crippen molar-refractivity contribution in [1.82, 2.24) is 0 Å². The van der Waals surface area contributed by atoms with Crippen molar-refractivity contribution >= 4 is 5.78 Å². The molecule has 15 heavy (non-hydrogen) atoms. The largest absolute Gasteiger partial charge is 0.299 e. The van der Waals surface area contributed by atoms with Gasteiger partial charge in [0, 0.05) is 5.41 Å². The fraction of sp³-hybridized carbons (Fsp3) is 0.500. The predicted octanol–water partition coefficient (Wildman–Crippen LogP) is 3.16. The number of benzene rings is 1. The Morgan fingerprint density at radius 3 is 2.13 bits per heavy atom. The maximum atomic E-state index is 11.5. The maximum Gasteiger partial charge on any atom is 0.136 e. The molecule has 0 N–H and O–H groups in total. The van der Waals surface area contributed by atoms with Crippen LogP contribution in [0.3, 0.4) is 0 Å². The van der Waals surface area contributed by atoms with Crippen molar-refractivity contribution in [3.8, 4) is 0 Å². The number of Topliss-reactive ketones (excluding diaryl/α,β-unsaturated/α-hetero) is 1. The lowest BCUT2D eigenvalue weighted by molar-refractivity contribution is -0.121. The SMILES string of the molecule is CCc1ccc(CC2(C(C)=O)CC2)cc1. The highest BCUT2D eigenvalue weighted by molar-refractivity contribution is 5.85. The molecule has 0 radical (unpaired) electrons. The number of carbonyl (C=O) groups is 1. The summed E-state index contributed by atoms with van der Waals surface area (Å²) in [5, 5.41) is 0. The minimum absolute atomic E-state index is 0.00767. The van der Waals surface area contributed by atoms with Gasteiger partial charge >= 0.3 is 0 Å². The lowest BCUT2D eigenvalue weighted by Crippen LogP contribution is -2.14. The van der Waals surface area contributed by atoms with E-state index in [1.165, 1.54) is 11.1 Å². The first kappa shape index (κ1) is 10.4. The van der Waals surface area contributed by atoms with Crippen molar-refractivity contribution in [3.63, 3.8) is 0 Å². The highest BCUT2D eigenvalue weighted by Crippen LogP contribution is 2.49. The van der Waals surface area contributed by atoms with Gasteiger partial charge in [0.15, 0.2) is 0 Å². The highest BCUT2D eigenvalue weighted by Gasteiger charge is 2.46. The first-order valence-corrected chi connectivity index (χ1v) is 5.75. The van der Waals surface area contributed by atoms with Crippen LogP contribution in [0, 0.1) is 5.41 Å². The molecule has 2 rings (SSSR count). The second-order valence-corrected chi connectivity index (χ2v) is 4.68. The molecule has 0 heterocycles. The second-order valence-electron chi connectivity index (χ2n) is 4.68. The van der Waals surface area contributed by atoms with Crippen LogP contribution in [-0.4, -0.2) is 5.78 Å².